The van der Waals surface area contributed by atoms with Crippen LogP contribution in [0.3, 0.4) is 0 Å². The monoisotopic (exact) mass is 274 g/mol. The second-order valence-electron chi connectivity index (χ2n) is 5.14. The summed E-state index contributed by atoms with van der Waals surface area (Å²) < 4.78 is 2.36. The summed E-state index contributed by atoms with van der Waals surface area (Å²) in [7, 11) is 0. The van der Waals surface area contributed by atoms with Crippen molar-refractivity contribution in [3.05, 3.63) is 42.1 Å². The van der Waals surface area contributed by atoms with Gasteiger partial charge in [0.15, 0.2) is 12.1 Å². The van der Waals surface area contributed by atoms with Crippen molar-refractivity contribution in [2.24, 2.45) is 0 Å². The van der Waals surface area contributed by atoms with Crippen LogP contribution in [-0.2, 0) is 5.88 Å². The van der Waals surface area contributed by atoms with Gasteiger partial charge in [0.2, 0.25) is 5.52 Å². The van der Waals surface area contributed by atoms with E-state index in [2.05, 4.69) is 54.9 Å². The molecule has 0 atom stereocenters. The summed E-state index contributed by atoms with van der Waals surface area (Å²) in [6, 6.07) is 11.1. The first-order valence-corrected chi connectivity index (χ1v) is 8.43. The molecule has 0 fully saturated rings. The largest absolute Gasteiger partial charge is 0.213 e. The Labute approximate surface area is 121 Å². The van der Waals surface area contributed by atoms with Gasteiger partial charge in [-0.2, -0.15) is 4.57 Å². The second-order valence-corrected chi connectivity index (χ2v) is 6.21. The molecule has 0 radical (unpaired) electrons. The summed E-state index contributed by atoms with van der Waals surface area (Å²) in [4.78, 5) is 0. The minimum atomic E-state index is 1.06. The van der Waals surface area contributed by atoms with Gasteiger partial charge >= 0.3 is 0 Å². The van der Waals surface area contributed by atoms with Crippen molar-refractivity contribution in [2.75, 3.05) is 5.75 Å². The van der Waals surface area contributed by atoms with E-state index in [0.29, 0.717) is 0 Å². The van der Waals surface area contributed by atoms with Gasteiger partial charge in [-0.05, 0) is 31.2 Å². The number of aryl methyl sites for hydroxylation is 1. The lowest BCUT2D eigenvalue weighted by Gasteiger charge is -2.02. The number of aromatic nitrogens is 1. The van der Waals surface area contributed by atoms with Crippen molar-refractivity contribution >= 4 is 22.7 Å². The number of hydrogen-bond acceptors (Lipinski definition) is 1. The van der Waals surface area contributed by atoms with E-state index < -0.39 is 0 Å². The Balaban J connectivity index is 1.93. The molecule has 0 spiro atoms. The van der Waals surface area contributed by atoms with Crippen LogP contribution in [0.5, 0.6) is 0 Å². The molecule has 19 heavy (non-hydrogen) atoms. The summed E-state index contributed by atoms with van der Waals surface area (Å²) in [6.45, 7) is 4.42. The molecule has 0 aliphatic carbocycles. The van der Waals surface area contributed by atoms with Crippen molar-refractivity contribution in [2.45, 2.75) is 45.4 Å². The van der Waals surface area contributed by atoms with E-state index in [9.17, 15) is 0 Å². The lowest BCUT2D eigenvalue weighted by atomic mass is 10.1. The van der Waals surface area contributed by atoms with Crippen LogP contribution in [-0.4, -0.2) is 5.75 Å². The zero-order chi connectivity index (χ0) is 13.5. The molecule has 2 aromatic rings. The van der Waals surface area contributed by atoms with Crippen LogP contribution in [0.15, 0.2) is 36.5 Å². The maximum atomic E-state index is 2.36. The standard InChI is InChI=1S/C17H24NS/c1-3-4-5-6-12-19-14-18-11-7-8-16-13-15(2)9-10-17(16)18/h7-11,13H,3-6,12,14H2,1-2H3/q+1. The highest BCUT2D eigenvalue weighted by Gasteiger charge is 2.07. The number of unbranched alkanes of at least 4 members (excludes halogenated alkanes) is 3. The second kappa shape index (κ2) is 7.54. The number of thioether (sulfide) groups is 1. The zero-order valence-corrected chi connectivity index (χ0v) is 12.9. The third kappa shape index (κ3) is 4.24. The lowest BCUT2D eigenvalue weighted by Crippen LogP contribution is -2.32. The summed E-state index contributed by atoms with van der Waals surface area (Å²) in [5.41, 5.74) is 2.67. The van der Waals surface area contributed by atoms with E-state index in [4.69, 9.17) is 0 Å². The minimum Gasteiger partial charge on any atom is -0.189 e. The topological polar surface area (TPSA) is 3.88 Å². The van der Waals surface area contributed by atoms with Crippen LogP contribution >= 0.6 is 11.8 Å². The van der Waals surface area contributed by atoms with Gasteiger partial charge in [-0.15, -0.1) is 0 Å². The van der Waals surface area contributed by atoms with Crippen molar-refractivity contribution < 1.29 is 4.57 Å². The van der Waals surface area contributed by atoms with Crippen LogP contribution in [0.25, 0.3) is 10.9 Å². The molecule has 2 heteroatoms. The molecule has 0 saturated carbocycles. The number of benzene rings is 1. The number of pyridine rings is 1. The first-order chi connectivity index (χ1) is 9.31. The maximum absolute atomic E-state index is 2.36. The third-order valence-electron chi connectivity index (χ3n) is 3.41. The predicted octanol–water partition coefficient (Wildman–Crippen LogP) is 4.71. The molecule has 0 aliphatic heterocycles. The molecule has 1 heterocycles. The maximum Gasteiger partial charge on any atom is 0.213 e. The first-order valence-electron chi connectivity index (χ1n) is 7.28. The zero-order valence-electron chi connectivity index (χ0n) is 12.1. The Bertz CT molecular complexity index is 522. The van der Waals surface area contributed by atoms with Gasteiger partial charge in [-0.3, -0.25) is 0 Å². The van der Waals surface area contributed by atoms with Crippen LogP contribution in [0, 0.1) is 6.92 Å². The van der Waals surface area contributed by atoms with Gasteiger partial charge in [0, 0.05) is 17.5 Å². The molecule has 1 nitrogen and oxygen atoms in total. The molecule has 1 aromatic heterocycles. The minimum absolute atomic E-state index is 1.06. The van der Waals surface area contributed by atoms with Crippen molar-refractivity contribution in [1.82, 2.24) is 0 Å². The number of hydrogen-bond donors (Lipinski definition) is 0. The van der Waals surface area contributed by atoms with E-state index in [1.807, 2.05) is 11.8 Å². The fourth-order valence-corrected chi connectivity index (χ4v) is 3.27. The third-order valence-corrected chi connectivity index (χ3v) is 4.44. The van der Waals surface area contributed by atoms with Crippen LogP contribution < -0.4 is 4.57 Å². The molecule has 0 amide bonds. The van der Waals surface area contributed by atoms with E-state index >= 15 is 0 Å². The summed E-state index contributed by atoms with van der Waals surface area (Å²) in [6.07, 6.45) is 7.62. The Hall–Kier alpha value is -1.02. The van der Waals surface area contributed by atoms with E-state index in [1.54, 1.807) is 0 Å². The van der Waals surface area contributed by atoms with E-state index in [-0.39, 0.29) is 0 Å². The summed E-state index contributed by atoms with van der Waals surface area (Å²) in [5.74, 6) is 2.34. The fourth-order valence-electron chi connectivity index (χ4n) is 2.31. The molecule has 0 bridgehead atoms. The molecule has 0 saturated heterocycles. The van der Waals surface area contributed by atoms with Gasteiger partial charge in [0.25, 0.3) is 0 Å². The Morgan fingerprint density at radius 3 is 2.84 bits per heavy atom. The number of fused-ring (bicyclic) bond motifs is 1. The smallest absolute Gasteiger partial charge is 0.189 e. The van der Waals surface area contributed by atoms with Crippen LogP contribution in [0.4, 0.5) is 0 Å². The fraction of sp³-hybridized carbons (Fsp3) is 0.471. The average Bonchev–Trinajstić information content (AvgIpc) is 2.42. The van der Waals surface area contributed by atoms with Gasteiger partial charge < -0.3 is 0 Å². The Morgan fingerprint density at radius 2 is 2.00 bits per heavy atom. The number of nitrogens with zero attached hydrogens (tertiary/aromatic N) is 1. The number of rotatable bonds is 7. The molecular weight excluding hydrogens is 250 g/mol. The highest BCUT2D eigenvalue weighted by atomic mass is 32.2. The Kier molecular flexibility index (Phi) is 5.71. The highest BCUT2D eigenvalue weighted by molar-refractivity contribution is 7.98. The van der Waals surface area contributed by atoms with Gasteiger partial charge in [-0.1, -0.05) is 49.6 Å². The van der Waals surface area contributed by atoms with Gasteiger partial charge in [0.05, 0.1) is 0 Å². The first kappa shape index (κ1) is 14.4. The Morgan fingerprint density at radius 1 is 1.11 bits per heavy atom. The molecule has 1 aromatic carbocycles. The predicted molar refractivity (Wildman–Crippen MR) is 85.5 cm³/mol. The van der Waals surface area contributed by atoms with Crippen molar-refractivity contribution in [3.8, 4) is 0 Å². The van der Waals surface area contributed by atoms with Gasteiger partial charge in [-0.25, -0.2) is 0 Å². The van der Waals surface area contributed by atoms with Gasteiger partial charge in [0.1, 0.15) is 0 Å². The molecular formula is C17H24NS+. The van der Waals surface area contributed by atoms with Crippen molar-refractivity contribution in [1.29, 1.82) is 0 Å². The highest BCUT2D eigenvalue weighted by Crippen LogP contribution is 2.13. The molecule has 0 unspecified atom stereocenters. The normalized spacial score (nSPS) is 11.1. The van der Waals surface area contributed by atoms with Crippen LogP contribution in [0.1, 0.15) is 38.2 Å². The lowest BCUT2D eigenvalue weighted by molar-refractivity contribution is -0.649. The average molecular weight is 274 g/mol. The molecule has 2 rings (SSSR count). The molecule has 0 aliphatic rings. The molecule has 102 valence electrons. The molecule has 0 N–H and O–H groups in total. The SMILES string of the molecule is CCCCCCSC[n+]1cccc2cc(C)ccc21. The van der Waals surface area contributed by atoms with Crippen LogP contribution in [0.2, 0.25) is 0 Å². The van der Waals surface area contributed by atoms with Crippen molar-refractivity contribution in [3.63, 3.8) is 0 Å². The van der Waals surface area contributed by atoms with E-state index in [0.717, 1.165) is 5.88 Å². The van der Waals surface area contributed by atoms with E-state index in [1.165, 1.54) is 47.9 Å². The summed E-state index contributed by atoms with van der Waals surface area (Å²) >= 11 is 2.04. The summed E-state index contributed by atoms with van der Waals surface area (Å²) in [5, 5.41) is 1.34. The quantitative estimate of drug-likeness (QED) is 0.522.